The molecule has 2 aliphatic heterocycles. The van der Waals surface area contributed by atoms with Crippen LogP contribution >= 0.6 is 11.9 Å². The maximum Gasteiger partial charge on any atom is 0.0359 e. The minimum atomic E-state index is 1.07. The smallest absolute Gasteiger partial charge is 0.0359 e. The zero-order valence-electron chi connectivity index (χ0n) is 14.8. The van der Waals surface area contributed by atoms with Crippen molar-refractivity contribution in [3.63, 3.8) is 0 Å². The fourth-order valence-electron chi connectivity index (χ4n) is 4.05. The summed E-state index contributed by atoms with van der Waals surface area (Å²) in [6.07, 6.45) is 5.63. The van der Waals surface area contributed by atoms with E-state index in [2.05, 4.69) is 82.1 Å². The van der Waals surface area contributed by atoms with Crippen LogP contribution in [-0.4, -0.2) is 22.3 Å². The van der Waals surface area contributed by atoms with Gasteiger partial charge in [0.2, 0.25) is 0 Å². The summed E-state index contributed by atoms with van der Waals surface area (Å²) in [6.45, 7) is 4.36. The molecule has 0 bridgehead atoms. The van der Waals surface area contributed by atoms with Gasteiger partial charge in [-0.2, -0.15) is 0 Å². The summed E-state index contributed by atoms with van der Waals surface area (Å²) in [4.78, 5) is 3.94. The summed E-state index contributed by atoms with van der Waals surface area (Å²) in [5.74, 6) is 0. The fraction of sp³-hybridized carbons (Fsp3) is 0.217. The van der Waals surface area contributed by atoms with Crippen molar-refractivity contribution in [3.8, 4) is 0 Å². The van der Waals surface area contributed by atoms with Gasteiger partial charge in [-0.15, -0.1) is 0 Å². The van der Waals surface area contributed by atoms with E-state index in [-0.39, 0.29) is 0 Å². The van der Waals surface area contributed by atoms with Crippen LogP contribution < -0.4 is 0 Å². The molecule has 0 fully saturated rings. The quantitative estimate of drug-likeness (QED) is 0.566. The predicted octanol–water partition coefficient (Wildman–Crippen LogP) is 5.54. The molecule has 0 spiro atoms. The second kappa shape index (κ2) is 6.82. The van der Waals surface area contributed by atoms with Crippen LogP contribution in [0.15, 0.2) is 71.8 Å². The molecule has 0 saturated heterocycles. The summed E-state index contributed by atoms with van der Waals surface area (Å²) < 4.78 is 2.36. The summed E-state index contributed by atoms with van der Waals surface area (Å²) >= 11 is 1.86. The lowest BCUT2D eigenvalue weighted by atomic mass is 9.95. The molecule has 130 valence electrons. The number of nitrogens with zero attached hydrogens (tertiary/aromatic N) is 2. The van der Waals surface area contributed by atoms with Gasteiger partial charge in [-0.1, -0.05) is 54.6 Å². The third kappa shape index (κ3) is 3.02. The Kier molecular flexibility index (Phi) is 4.19. The standard InChI is InChI=1S/C23H22N2S/c1-2-11-22-18(6-1)12-15-25(26-22)14-5-13-24-16-20-9-3-7-19-8-4-10-21(17-24)23(19)20/h1-4,6-12,15H,5,13-14,16-17H2. The molecule has 2 nitrogen and oxygen atoms in total. The molecular formula is C23H22N2S. The molecule has 26 heavy (non-hydrogen) atoms. The zero-order chi connectivity index (χ0) is 17.3. The normalized spacial score (nSPS) is 16.1. The first-order chi connectivity index (χ1) is 12.9. The van der Waals surface area contributed by atoms with Gasteiger partial charge < -0.3 is 4.31 Å². The second-order valence-corrected chi connectivity index (χ2v) is 8.17. The highest BCUT2D eigenvalue weighted by Crippen LogP contribution is 2.33. The van der Waals surface area contributed by atoms with E-state index in [9.17, 15) is 0 Å². The van der Waals surface area contributed by atoms with Gasteiger partial charge in [-0.25, -0.2) is 0 Å². The van der Waals surface area contributed by atoms with E-state index in [0.717, 1.165) is 26.2 Å². The summed E-state index contributed by atoms with van der Waals surface area (Å²) in [5, 5.41) is 2.87. The molecule has 0 amide bonds. The Balaban J connectivity index is 1.21. The van der Waals surface area contributed by atoms with Crippen LogP contribution in [0.3, 0.4) is 0 Å². The molecule has 0 atom stereocenters. The molecule has 0 N–H and O–H groups in total. The predicted molar refractivity (Wildman–Crippen MR) is 111 cm³/mol. The Labute approximate surface area is 159 Å². The van der Waals surface area contributed by atoms with Gasteiger partial charge in [0.25, 0.3) is 0 Å². The van der Waals surface area contributed by atoms with Gasteiger partial charge in [0.15, 0.2) is 0 Å². The third-order valence-corrected chi connectivity index (χ3v) is 6.38. The van der Waals surface area contributed by atoms with Crippen molar-refractivity contribution in [2.24, 2.45) is 0 Å². The first-order valence-corrected chi connectivity index (χ1v) is 10.1. The van der Waals surface area contributed by atoms with Crippen LogP contribution in [0.2, 0.25) is 0 Å². The highest BCUT2D eigenvalue weighted by Gasteiger charge is 2.18. The molecule has 0 unspecified atom stereocenters. The highest BCUT2D eigenvalue weighted by atomic mass is 32.2. The molecule has 5 rings (SSSR count). The molecule has 0 radical (unpaired) electrons. The Bertz CT molecular complexity index is 938. The lowest BCUT2D eigenvalue weighted by Gasteiger charge is -2.30. The number of hydrogen-bond donors (Lipinski definition) is 0. The third-order valence-electron chi connectivity index (χ3n) is 5.27. The summed E-state index contributed by atoms with van der Waals surface area (Å²) in [7, 11) is 0. The van der Waals surface area contributed by atoms with Gasteiger partial charge in [0.05, 0.1) is 0 Å². The Morgan fingerprint density at radius 2 is 1.58 bits per heavy atom. The van der Waals surface area contributed by atoms with E-state index in [0.29, 0.717) is 0 Å². The Hall–Kier alpha value is -2.23. The molecule has 0 aliphatic carbocycles. The zero-order valence-corrected chi connectivity index (χ0v) is 15.6. The molecule has 2 aliphatic rings. The van der Waals surface area contributed by atoms with Crippen molar-refractivity contribution in [1.82, 2.24) is 9.21 Å². The monoisotopic (exact) mass is 358 g/mol. The number of hydrogen-bond acceptors (Lipinski definition) is 3. The summed E-state index contributed by atoms with van der Waals surface area (Å²) in [6, 6.07) is 22.0. The lowest BCUT2D eigenvalue weighted by Crippen LogP contribution is -2.29. The molecule has 0 aromatic heterocycles. The van der Waals surface area contributed by atoms with Crippen molar-refractivity contribution in [2.45, 2.75) is 24.4 Å². The molecule has 0 saturated carbocycles. The van der Waals surface area contributed by atoms with Crippen molar-refractivity contribution < 1.29 is 0 Å². The maximum absolute atomic E-state index is 2.59. The van der Waals surface area contributed by atoms with E-state index in [1.54, 1.807) is 0 Å². The van der Waals surface area contributed by atoms with Gasteiger partial charge in [-0.3, -0.25) is 4.90 Å². The van der Waals surface area contributed by atoms with Crippen LogP contribution in [0, 0.1) is 0 Å². The minimum absolute atomic E-state index is 1.07. The first kappa shape index (κ1) is 16.0. The fourth-order valence-corrected chi connectivity index (χ4v) is 5.03. The summed E-state index contributed by atoms with van der Waals surface area (Å²) in [5.41, 5.74) is 4.28. The number of fused-ring (bicyclic) bond motifs is 1. The molecule has 3 aromatic rings. The Morgan fingerprint density at radius 1 is 0.808 bits per heavy atom. The van der Waals surface area contributed by atoms with Gasteiger partial charge in [0.1, 0.15) is 0 Å². The van der Waals surface area contributed by atoms with Gasteiger partial charge in [-0.05, 0) is 58.0 Å². The van der Waals surface area contributed by atoms with Crippen molar-refractivity contribution in [3.05, 3.63) is 83.6 Å². The second-order valence-electron chi connectivity index (χ2n) is 7.08. The topological polar surface area (TPSA) is 6.48 Å². The van der Waals surface area contributed by atoms with E-state index >= 15 is 0 Å². The van der Waals surface area contributed by atoms with Crippen molar-refractivity contribution >= 4 is 28.8 Å². The van der Waals surface area contributed by atoms with E-state index in [1.807, 2.05) is 11.9 Å². The van der Waals surface area contributed by atoms with E-state index in [4.69, 9.17) is 0 Å². The van der Waals surface area contributed by atoms with E-state index < -0.39 is 0 Å². The average Bonchev–Trinajstić information content (AvgIpc) is 2.68. The van der Waals surface area contributed by atoms with Crippen LogP contribution in [0.1, 0.15) is 23.1 Å². The van der Waals surface area contributed by atoms with Gasteiger partial charge >= 0.3 is 0 Å². The van der Waals surface area contributed by atoms with Crippen molar-refractivity contribution in [2.75, 3.05) is 13.1 Å². The SMILES string of the molecule is C1=CN(CCCN2Cc3cccc4cccc(c34)C2)Sc2ccccc21. The van der Waals surface area contributed by atoms with Crippen LogP contribution in [0.4, 0.5) is 0 Å². The molecule has 3 heteroatoms. The van der Waals surface area contributed by atoms with E-state index in [1.165, 1.54) is 38.8 Å². The number of rotatable bonds is 4. The maximum atomic E-state index is 2.59. The Morgan fingerprint density at radius 3 is 2.38 bits per heavy atom. The molecule has 2 heterocycles. The molecular weight excluding hydrogens is 336 g/mol. The number of benzene rings is 3. The van der Waals surface area contributed by atoms with Crippen LogP contribution in [-0.2, 0) is 13.1 Å². The lowest BCUT2D eigenvalue weighted by molar-refractivity contribution is 0.245. The first-order valence-electron chi connectivity index (χ1n) is 9.30. The van der Waals surface area contributed by atoms with Crippen LogP contribution in [0.25, 0.3) is 16.8 Å². The largest absolute Gasteiger partial charge is 0.319 e. The highest BCUT2D eigenvalue weighted by molar-refractivity contribution is 7.97. The van der Waals surface area contributed by atoms with Gasteiger partial charge in [0, 0.05) is 37.3 Å². The van der Waals surface area contributed by atoms with Crippen LogP contribution in [0.5, 0.6) is 0 Å². The minimum Gasteiger partial charge on any atom is -0.319 e. The van der Waals surface area contributed by atoms with Crippen molar-refractivity contribution in [1.29, 1.82) is 0 Å². The molecule has 3 aromatic carbocycles. The average molecular weight is 359 g/mol.